The molecular formula is C56H45Br18ClO16S6. The van der Waals surface area contributed by atoms with Gasteiger partial charge in [0.25, 0.3) is 0 Å². The summed E-state index contributed by atoms with van der Waals surface area (Å²) in [6.07, 6.45) is 0. The molecule has 0 aliphatic rings. The third-order valence-electron chi connectivity index (χ3n) is 11.6. The van der Waals surface area contributed by atoms with Crippen LogP contribution in [0.4, 0.5) is 0 Å². The fraction of sp³-hybridized carbons (Fsp3) is 0.214. The lowest BCUT2D eigenvalue weighted by molar-refractivity contribution is 0.101. The lowest BCUT2D eigenvalue weighted by Gasteiger charge is -2.20. The number of phenols is 1. The van der Waals surface area contributed by atoms with Crippen molar-refractivity contribution in [3.63, 3.8) is 0 Å². The number of carbonyl (C=O) groups excluding carboxylic acids is 2. The van der Waals surface area contributed by atoms with E-state index in [0.717, 1.165) is 5.56 Å². The van der Waals surface area contributed by atoms with Crippen molar-refractivity contribution in [2.75, 3.05) is 0 Å². The summed E-state index contributed by atoms with van der Waals surface area (Å²) >= 11 is 59.3. The van der Waals surface area contributed by atoms with E-state index in [9.17, 15) is 60.1 Å². The number of hydrogen-bond donors (Lipinski definition) is 2. The molecule has 0 saturated heterocycles. The van der Waals surface area contributed by atoms with Crippen LogP contribution in [0.2, 0.25) is 5.02 Å². The van der Waals surface area contributed by atoms with Gasteiger partial charge in [-0.05, 0) is 419 Å². The number of alkyl halides is 18. The van der Waals surface area contributed by atoms with E-state index in [1.807, 2.05) is 18.2 Å². The van der Waals surface area contributed by atoms with Crippen LogP contribution in [-0.2, 0) is 71.0 Å². The second kappa shape index (κ2) is 38.6. The van der Waals surface area contributed by atoms with Crippen molar-refractivity contribution in [2.45, 2.75) is 77.9 Å². The van der Waals surface area contributed by atoms with E-state index in [1.54, 1.807) is 48.5 Å². The number of benzene rings is 7. The summed E-state index contributed by atoms with van der Waals surface area (Å²) in [4.78, 5) is 24.2. The number of aromatic hydroxyl groups is 1. The Hall–Kier alpha value is 2.27. The SMILES string of the molecule is CC(=O)c1ccc(S(=O)(=O)C(Br)(Br)Br)cc1.CC(C)(C)c1ccc(S(=O)(=O)C(Br)(Br)Br)cc1.O=C(c1ccccc1)c1ccc(S(=O)(=O)C(Br)(Br)Br)cc1.O=S(=O)(c1ccc(CO)cc1)C(Br)(Br)Br.O=S(=O)(c1ccc(Cl)cc1)C(Br)(Br)Br.O=S(=O)(c1ccc(O)cc1)C(Br)(Br)Br. The van der Waals surface area contributed by atoms with Crippen LogP contribution in [0, 0.1) is 0 Å². The second-order valence-electron chi connectivity index (χ2n) is 19.5. The predicted molar refractivity (Wildman–Crippen MR) is 450 cm³/mol. The van der Waals surface area contributed by atoms with Crippen LogP contribution in [0.1, 0.15) is 65.1 Å². The first kappa shape index (κ1) is 95.3. The molecule has 0 unspecified atom stereocenters. The molecule has 0 atom stereocenters. The maximum Gasteiger partial charge on any atom is 0.239 e. The highest BCUT2D eigenvalue weighted by atomic mass is 80.0. The molecule has 0 heterocycles. The van der Waals surface area contributed by atoms with E-state index in [1.165, 1.54) is 116 Å². The van der Waals surface area contributed by atoms with Gasteiger partial charge in [0, 0.05) is 21.7 Å². The number of aliphatic hydroxyl groups is 1. The summed E-state index contributed by atoms with van der Waals surface area (Å²) in [6.45, 7) is 7.57. The lowest BCUT2D eigenvalue weighted by Crippen LogP contribution is -2.18. The van der Waals surface area contributed by atoms with Crippen LogP contribution in [0.25, 0.3) is 0 Å². The number of Topliss-reactive ketones (excluding diaryl/α,β-unsaturated/α-hetero) is 1. The number of carbonyl (C=O) groups is 2. The first-order chi connectivity index (χ1) is 43.6. The fourth-order valence-electron chi connectivity index (χ4n) is 6.36. The number of sulfone groups is 6. The number of phenolic OH excluding ortho intramolecular Hbond substituents is 1. The smallest absolute Gasteiger partial charge is 0.239 e. The third kappa shape index (κ3) is 28.0. The Morgan fingerprint density at radius 1 is 0.340 bits per heavy atom. The minimum Gasteiger partial charge on any atom is -0.508 e. The van der Waals surface area contributed by atoms with Crippen molar-refractivity contribution >= 4 is 369 Å². The Kier molecular flexibility index (Phi) is 37.9. The molecule has 534 valence electrons. The van der Waals surface area contributed by atoms with Gasteiger partial charge in [-0.2, -0.15) is 0 Å². The van der Waals surface area contributed by atoms with Gasteiger partial charge in [0.05, 0.1) is 36.0 Å². The molecule has 0 aromatic heterocycles. The standard InChI is InChI=1S/C14H9Br3O3S.C11H13Br3O2S.C9H7Br3O3S.C8H7Br3O3S.C7H4Br3ClO2S.C7H5Br3O3S/c15-14(16,17)21(19,20)12-8-6-11(7-9-12)13(18)10-4-2-1-3-5-10;1-10(2,3)8-4-6-9(7-5-8)17(15,16)11(12,13)14;1-6(13)7-2-4-8(5-3-7)16(14,15)9(10,11)12;9-8(10,11)15(13,14)7-3-1-6(5-12)2-4-7;2*8-7(9,10)14(12,13)6-3-1-5(11)2-4-6/h1-9H;4-7H,1-3H3;2-5H,1H3;1-4,12H,5H2;1-4H;1-4,11H. The summed E-state index contributed by atoms with van der Waals surface area (Å²) in [5.41, 5.74) is 3.24. The van der Waals surface area contributed by atoms with Gasteiger partial charge in [0.2, 0.25) is 67.9 Å². The summed E-state index contributed by atoms with van der Waals surface area (Å²) < 4.78 is 135. The maximum absolute atomic E-state index is 12.2. The zero-order valence-electron chi connectivity index (χ0n) is 48.7. The molecule has 7 aromatic carbocycles. The molecule has 16 nitrogen and oxygen atoms in total. The number of rotatable bonds is 10. The van der Waals surface area contributed by atoms with Gasteiger partial charge in [-0.1, -0.05) is 99.1 Å². The first-order valence-electron chi connectivity index (χ1n) is 25.2. The maximum atomic E-state index is 12.2. The van der Waals surface area contributed by atoms with E-state index in [2.05, 4.69) is 308 Å². The lowest BCUT2D eigenvalue weighted by atomic mass is 9.87. The Morgan fingerprint density at radius 3 is 0.814 bits per heavy atom. The van der Waals surface area contributed by atoms with Gasteiger partial charge < -0.3 is 10.2 Å². The van der Waals surface area contributed by atoms with Crippen LogP contribution < -0.4 is 0 Å². The van der Waals surface area contributed by atoms with E-state index < -0.39 is 67.9 Å². The zero-order chi connectivity index (χ0) is 75.4. The normalized spacial score (nSPS) is 12.8. The molecule has 0 amide bonds. The number of halogens is 19. The molecule has 7 aromatic rings. The Morgan fingerprint density at radius 2 is 0.567 bits per heavy atom. The van der Waals surface area contributed by atoms with E-state index in [-0.39, 0.29) is 58.7 Å². The van der Waals surface area contributed by atoms with Crippen molar-refractivity contribution in [3.05, 3.63) is 209 Å². The topological polar surface area (TPSA) is 279 Å². The van der Waals surface area contributed by atoms with Gasteiger partial charge >= 0.3 is 0 Å². The molecule has 0 spiro atoms. The van der Waals surface area contributed by atoms with Gasteiger partial charge in [-0.3, -0.25) is 9.59 Å². The molecular weight excluding hydrogens is 2590 g/mol. The Labute approximate surface area is 719 Å². The van der Waals surface area contributed by atoms with Gasteiger partial charge in [-0.25, -0.2) is 50.5 Å². The second-order valence-corrected chi connectivity index (χ2v) is 82.5. The van der Waals surface area contributed by atoms with Crippen LogP contribution in [0.3, 0.4) is 0 Å². The van der Waals surface area contributed by atoms with Crippen molar-refractivity contribution < 1.29 is 70.3 Å². The molecule has 0 saturated carbocycles. The largest absolute Gasteiger partial charge is 0.508 e. The van der Waals surface area contributed by atoms with Crippen molar-refractivity contribution in [2.24, 2.45) is 0 Å². The molecule has 0 aliphatic heterocycles. The van der Waals surface area contributed by atoms with E-state index in [0.29, 0.717) is 27.3 Å². The summed E-state index contributed by atoms with van der Waals surface area (Å²) in [7, 11) is -21.3. The fourth-order valence-corrected chi connectivity index (χ4v) is 21.1. The van der Waals surface area contributed by atoms with E-state index in [4.69, 9.17) is 21.8 Å². The average molecular weight is 2640 g/mol. The van der Waals surface area contributed by atoms with Crippen molar-refractivity contribution in [1.82, 2.24) is 0 Å². The molecule has 0 radical (unpaired) electrons. The minimum atomic E-state index is -3.64. The molecule has 97 heavy (non-hydrogen) atoms. The third-order valence-corrected chi connectivity index (χ3v) is 43.9. The molecule has 2 N–H and O–H groups in total. The Bertz CT molecular complexity index is 4440. The van der Waals surface area contributed by atoms with Crippen LogP contribution in [0.15, 0.2) is 205 Å². The van der Waals surface area contributed by atoms with Crippen LogP contribution in [0.5, 0.6) is 5.75 Å². The summed E-state index contributed by atoms with van der Waals surface area (Å²) in [5.74, 6) is -0.234. The van der Waals surface area contributed by atoms with Crippen molar-refractivity contribution in [1.29, 1.82) is 0 Å². The number of hydrogen-bond acceptors (Lipinski definition) is 16. The highest BCUT2D eigenvalue weighted by Gasteiger charge is 2.42. The monoisotopic (exact) mass is 2620 g/mol. The van der Waals surface area contributed by atoms with Crippen LogP contribution >= 0.6 is 298 Å². The molecule has 0 fully saturated rings. The highest BCUT2D eigenvalue weighted by Crippen LogP contribution is 2.48. The predicted octanol–water partition coefficient (Wildman–Crippen LogP) is 22.1. The first-order valence-corrected chi connectivity index (χ1v) is 48.7. The van der Waals surface area contributed by atoms with E-state index >= 15 is 0 Å². The average Bonchev–Trinajstić information content (AvgIpc) is 0.844. The molecule has 7 rings (SSSR count). The molecule has 0 aliphatic carbocycles. The van der Waals surface area contributed by atoms with Gasteiger partial charge in [0.1, 0.15) is 5.75 Å². The van der Waals surface area contributed by atoms with Gasteiger partial charge in [0.15, 0.2) is 11.6 Å². The zero-order valence-corrected chi connectivity index (χ0v) is 82.9. The van der Waals surface area contributed by atoms with Crippen LogP contribution in [-0.4, -0.2) is 81.1 Å². The molecule has 41 heteroatoms. The minimum absolute atomic E-state index is 0.0105. The van der Waals surface area contributed by atoms with Gasteiger partial charge in [-0.15, -0.1) is 0 Å². The Balaban J connectivity index is 0.000000398. The number of aliphatic hydroxyl groups excluding tert-OH is 1. The van der Waals surface area contributed by atoms with Crippen molar-refractivity contribution in [3.8, 4) is 5.75 Å². The quantitative estimate of drug-likeness (QED) is 0.0951. The number of ketones is 2. The summed E-state index contributed by atoms with van der Waals surface area (Å²) in [6, 6.07) is 44.5. The summed E-state index contributed by atoms with van der Waals surface area (Å²) in [5, 5.41) is 18.3. The highest BCUT2D eigenvalue weighted by molar-refractivity contribution is 9.44. The molecule has 0 bridgehead atoms.